The van der Waals surface area contributed by atoms with E-state index in [0.717, 1.165) is 0 Å². The van der Waals surface area contributed by atoms with Crippen LogP contribution in [-0.2, 0) is 29.0 Å². The first-order valence-corrected chi connectivity index (χ1v) is 3.50. The number of esters is 1. The standard InChI is InChI=1S/C8H7NO4.Li.Rh.H/c10-7(11)5-13-8(12)6-3-1-2-4-9-6;;;/h1-4H,5H2,(H,10,11);;;. The molecule has 79 valence electrons. The van der Waals surface area contributed by atoms with Gasteiger partial charge in [-0.25, -0.2) is 14.6 Å². The minimum absolute atomic E-state index is 0. The Morgan fingerprint density at radius 3 is 2.53 bits per heavy atom. The van der Waals surface area contributed by atoms with Crippen molar-refractivity contribution in [3.63, 3.8) is 0 Å². The maximum absolute atomic E-state index is 11.0. The largest absolute Gasteiger partial charge is 0 e. The number of aliphatic carboxylic acids is 1. The van der Waals surface area contributed by atoms with Crippen LogP contribution >= 0.6 is 0 Å². The topological polar surface area (TPSA) is 76.5 Å². The Kier molecular flexibility index (Phi) is 9.60. The molecule has 0 aliphatic rings. The molecule has 0 fully saturated rings. The second-order valence-corrected chi connectivity index (χ2v) is 2.18. The van der Waals surface area contributed by atoms with Gasteiger partial charge in [0.2, 0.25) is 0 Å². The molecule has 0 amide bonds. The Morgan fingerprint density at radius 1 is 1.40 bits per heavy atom. The smallest absolute Gasteiger partial charge is 0 e. The molecule has 0 saturated carbocycles. The summed E-state index contributed by atoms with van der Waals surface area (Å²) < 4.78 is 4.39. The van der Waals surface area contributed by atoms with Crippen molar-refractivity contribution in [2.24, 2.45) is 0 Å². The Labute approximate surface area is 111 Å². The minimum atomic E-state index is -1.19. The Morgan fingerprint density at radius 2 is 2.07 bits per heavy atom. The molecule has 1 rings (SSSR count). The second-order valence-electron chi connectivity index (χ2n) is 2.18. The average Bonchev–Trinajstić information content (AvgIpc) is 2.15. The molecular formula is C8H8LiNO4Rh. The molecule has 0 bridgehead atoms. The van der Waals surface area contributed by atoms with Crippen molar-refractivity contribution in [3.8, 4) is 0 Å². The van der Waals surface area contributed by atoms with Gasteiger partial charge in [-0.15, -0.1) is 0 Å². The number of pyridine rings is 1. The summed E-state index contributed by atoms with van der Waals surface area (Å²) in [5.41, 5.74) is 0.101. The normalized spacial score (nSPS) is 8.00. The molecule has 0 saturated heterocycles. The van der Waals surface area contributed by atoms with Crippen molar-refractivity contribution in [1.29, 1.82) is 0 Å². The quantitative estimate of drug-likeness (QED) is 0.610. The van der Waals surface area contributed by atoms with Crippen LogP contribution < -0.4 is 0 Å². The van der Waals surface area contributed by atoms with E-state index in [4.69, 9.17) is 5.11 Å². The molecule has 0 aliphatic carbocycles. The van der Waals surface area contributed by atoms with Crippen molar-refractivity contribution in [3.05, 3.63) is 30.1 Å². The molecule has 0 unspecified atom stereocenters. The molecule has 0 aromatic carbocycles. The Bertz CT molecular complexity index is 320. The van der Waals surface area contributed by atoms with Crippen LogP contribution in [0.4, 0.5) is 0 Å². The third kappa shape index (κ3) is 6.40. The van der Waals surface area contributed by atoms with Gasteiger partial charge >= 0.3 is 30.8 Å². The SMILES string of the molecule is O=C(O)COC(=O)c1ccccn1.[LiH].[Rh]. The van der Waals surface area contributed by atoms with E-state index < -0.39 is 18.5 Å². The second kappa shape index (κ2) is 8.61. The van der Waals surface area contributed by atoms with Crippen LogP contribution in [0.25, 0.3) is 0 Å². The molecule has 1 radical (unpaired) electrons. The van der Waals surface area contributed by atoms with Gasteiger partial charge in [-0.3, -0.25) is 0 Å². The van der Waals surface area contributed by atoms with Crippen LogP contribution in [0.3, 0.4) is 0 Å². The van der Waals surface area contributed by atoms with Gasteiger partial charge in [0.1, 0.15) is 5.69 Å². The van der Waals surface area contributed by atoms with Crippen molar-refractivity contribution >= 4 is 30.8 Å². The number of aromatic nitrogens is 1. The van der Waals surface area contributed by atoms with Crippen molar-refractivity contribution in [1.82, 2.24) is 4.98 Å². The number of carbonyl (C=O) groups excluding carboxylic acids is 1. The molecule has 1 aromatic heterocycles. The fourth-order valence-electron chi connectivity index (χ4n) is 0.685. The van der Waals surface area contributed by atoms with Crippen LogP contribution in [0.2, 0.25) is 0 Å². The molecule has 0 aliphatic heterocycles. The molecule has 1 heterocycles. The van der Waals surface area contributed by atoms with Crippen LogP contribution in [-0.4, -0.2) is 47.5 Å². The Balaban J connectivity index is 0. The zero-order valence-electron chi connectivity index (χ0n) is 6.97. The zero-order chi connectivity index (χ0) is 9.68. The number of carboxylic acids is 1. The van der Waals surface area contributed by atoms with E-state index in [1.54, 1.807) is 12.1 Å². The monoisotopic (exact) mass is 292 g/mol. The van der Waals surface area contributed by atoms with Crippen LogP contribution in [0, 0.1) is 0 Å². The molecule has 1 N–H and O–H groups in total. The number of hydrogen-bond acceptors (Lipinski definition) is 4. The van der Waals surface area contributed by atoms with Gasteiger partial charge in [-0.2, -0.15) is 0 Å². The van der Waals surface area contributed by atoms with E-state index in [1.165, 1.54) is 12.3 Å². The summed E-state index contributed by atoms with van der Waals surface area (Å²) in [6.45, 7) is -0.643. The van der Waals surface area contributed by atoms with Gasteiger partial charge in [0, 0.05) is 25.7 Å². The van der Waals surface area contributed by atoms with Gasteiger partial charge in [0.05, 0.1) is 0 Å². The third-order valence-corrected chi connectivity index (χ3v) is 1.20. The average molecular weight is 292 g/mol. The molecule has 0 spiro atoms. The molecule has 5 nitrogen and oxygen atoms in total. The van der Waals surface area contributed by atoms with E-state index in [1.807, 2.05) is 0 Å². The van der Waals surface area contributed by atoms with Crippen molar-refractivity contribution < 1.29 is 38.9 Å². The predicted octanol–water partition coefficient (Wildman–Crippen LogP) is -0.328. The summed E-state index contributed by atoms with van der Waals surface area (Å²) in [7, 11) is 0. The van der Waals surface area contributed by atoms with Crippen molar-refractivity contribution in [2.45, 2.75) is 0 Å². The first-order valence-electron chi connectivity index (χ1n) is 3.50. The van der Waals surface area contributed by atoms with Gasteiger partial charge < -0.3 is 9.84 Å². The Hall–Kier alpha value is -0.689. The van der Waals surface area contributed by atoms with Gasteiger partial charge in [0.25, 0.3) is 0 Å². The minimum Gasteiger partial charge on any atom is 0 e. The van der Waals surface area contributed by atoms with E-state index in [-0.39, 0.29) is 44.0 Å². The van der Waals surface area contributed by atoms with Crippen LogP contribution in [0.15, 0.2) is 24.4 Å². The van der Waals surface area contributed by atoms with Crippen LogP contribution in [0.1, 0.15) is 10.5 Å². The molecule has 0 atom stereocenters. The van der Waals surface area contributed by atoms with E-state index in [0.29, 0.717) is 0 Å². The number of hydrogen-bond donors (Lipinski definition) is 1. The van der Waals surface area contributed by atoms with Gasteiger partial charge in [-0.1, -0.05) is 6.07 Å². The predicted molar refractivity (Wildman–Crippen MR) is 49.3 cm³/mol. The maximum atomic E-state index is 11.0. The number of ether oxygens (including phenoxy) is 1. The summed E-state index contributed by atoms with van der Waals surface area (Å²) in [6.07, 6.45) is 1.43. The van der Waals surface area contributed by atoms with E-state index in [2.05, 4.69) is 9.72 Å². The number of carboxylic acid groups (broad SMARTS) is 1. The number of carbonyl (C=O) groups is 2. The molecule has 15 heavy (non-hydrogen) atoms. The number of nitrogens with zero attached hydrogens (tertiary/aromatic N) is 1. The fourth-order valence-corrected chi connectivity index (χ4v) is 0.685. The summed E-state index contributed by atoms with van der Waals surface area (Å²) in [4.78, 5) is 24.7. The first kappa shape index (κ1) is 16.7. The third-order valence-electron chi connectivity index (χ3n) is 1.20. The van der Waals surface area contributed by atoms with Crippen molar-refractivity contribution in [2.75, 3.05) is 6.61 Å². The summed E-state index contributed by atoms with van der Waals surface area (Å²) in [5.74, 6) is -1.92. The maximum Gasteiger partial charge on any atom is 0 e. The van der Waals surface area contributed by atoms with E-state index in [9.17, 15) is 9.59 Å². The first-order chi connectivity index (χ1) is 6.20. The molecule has 7 heteroatoms. The number of rotatable bonds is 3. The zero-order valence-corrected chi connectivity index (χ0v) is 8.61. The van der Waals surface area contributed by atoms with Crippen LogP contribution in [0.5, 0.6) is 0 Å². The van der Waals surface area contributed by atoms with Gasteiger partial charge in [-0.05, 0) is 12.1 Å². The summed E-state index contributed by atoms with van der Waals surface area (Å²) >= 11 is 0. The van der Waals surface area contributed by atoms with Gasteiger partial charge in [0.15, 0.2) is 6.61 Å². The fraction of sp³-hybridized carbons (Fsp3) is 0.125. The summed E-state index contributed by atoms with van der Waals surface area (Å²) in [6, 6.07) is 4.71. The molecule has 1 aromatic rings. The summed E-state index contributed by atoms with van der Waals surface area (Å²) in [5, 5.41) is 8.21. The van der Waals surface area contributed by atoms with E-state index >= 15 is 0 Å². The molecular weight excluding hydrogens is 284 g/mol.